The molecule has 0 aliphatic carbocycles. The molecule has 0 aliphatic heterocycles. The van der Waals surface area contributed by atoms with Crippen LogP contribution in [0.25, 0.3) is 0 Å². The summed E-state index contributed by atoms with van der Waals surface area (Å²) in [4.78, 5) is 24.9. The van der Waals surface area contributed by atoms with Gasteiger partial charge in [-0.2, -0.15) is 0 Å². The Morgan fingerprint density at radius 1 is 1.15 bits per heavy atom. The third-order valence-corrected chi connectivity index (χ3v) is 2.82. The van der Waals surface area contributed by atoms with Crippen LogP contribution >= 0.6 is 0 Å². The lowest BCUT2D eigenvalue weighted by Gasteiger charge is -2.10. The zero-order valence-electron chi connectivity index (χ0n) is 12.4. The first-order valence-corrected chi connectivity index (χ1v) is 6.75. The van der Waals surface area contributed by atoms with Gasteiger partial charge in [-0.25, -0.2) is 0 Å². The van der Waals surface area contributed by atoms with Crippen LogP contribution in [0.15, 0.2) is 24.3 Å². The van der Waals surface area contributed by atoms with Gasteiger partial charge in [0.2, 0.25) is 5.91 Å². The lowest BCUT2D eigenvalue weighted by molar-refractivity contribution is -0.115. The molecule has 0 unspecified atom stereocenters. The van der Waals surface area contributed by atoms with Gasteiger partial charge in [0.1, 0.15) is 0 Å². The van der Waals surface area contributed by atoms with Crippen LogP contribution in [0, 0.1) is 0 Å². The van der Waals surface area contributed by atoms with Crippen molar-refractivity contribution >= 4 is 17.4 Å². The van der Waals surface area contributed by atoms with E-state index in [1.807, 2.05) is 14.1 Å². The number of rotatable bonds is 8. The summed E-state index contributed by atoms with van der Waals surface area (Å²) in [5.41, 5.74) is 1.35. The highest BCUT2D eigenvalue weighted by Crippen LogP contribution is 2.09. The topological polar surface area (TPSA) is 61.4 Å². The molecule has 20 heavy (non-hydrogen) atoms. The molecule has 0 bridgehead atoms. The fourth-order valence-electron chi connectivity index (χ4n) is 1.72. The molecule has 110 valence electrons. The summed E-state index contributed by atoms with van der Waals surface area (Å²) in [6, 6.07) is 6.90. The predicted molar refractivity (Wildman–Crippen MR) is 81.1 cm³/mol. The minimum absolute atomic E-state index is 0.0189. The normalized spacial score (nSPS) is 10.6. The lowest BCUT2D eigenvalue weighted by Crippen LogP contribution is -2.30. The lowest BCUT2D eigenvalue weighted by atomic mass is 10.1. The van der Waals surface area contributed by atoms with Crippen molar-refractivity contribution in [3.8, 4) is 0 Å². The molecule has 2 N–H and O–H groups in total. The molecular weight excluding hydrogens is 254 g/mol. The Morgan fingerprint density at radius 2 is 1.80 bits per heavy atom. The molecule has 1 rings (SSSR count). The van der Waals surface area contributed by atoms with Gasteiger partial charge in [0.15, 0.2) is 5.78 Å². The van der Waals surface area contributed by atoms with Gasteiger partial charge < -0.3 is 15.5 Å². The van der Waals surface area contributed by atoms with Gasteiger partial charge in [-0.3, -0.25) is 9.59 Å². The molecule has 0 spiro atoms. The van der Waals surface area contributed by atoms with Gasteiger partial charge >= 0.3 is 0 Å². The molecule has 5 heteroatoms. The Labute approximate surface area is 120 Å². The summed E-state index contributed by atoms with van der Waals surface area (Å²) >= 11 is 0. The van der Waals surface area contributed by atoms with E-state index in [-0.39, 0.29) is 11.7 Å². The summed E-state index contributed by atoms with van der Waals surface area (Å²) in [5.74, 6) is -0.0594. The molecule has 1 amide bonds. The van der Waals surface area contributed by atoms with Gasteiger partial charge in [0, 0.05) is 11.3 Å². The van der Waals surface area contributed by atoms with Crippen molar-refractivity contribution in [2.75, 3.05) is 39.0 Å². The fourth-order valence-corrected chi connectivity index (χ4v) is 1.72. The summed E-state index contributed by atoms with van der Waals surface area (Å²) in [6.07, 6.45) is 1.01. The molecule has 0 saturated carbocycles. The van der Waals surface area contributed by atoms with E-state index in [0.29, 0.717) is 17.8 Å². The van der Waals surface area contributed by atoms with E-state index in [9.17, 15) is 9.59 Å². The highest BCUT2D eigenvalue weighted by molar-refractivity contribution is 5.96. The number of ketones is 1. The number of hydrogen-bond donors (Lipinski definition) is 2. The van der Waals surface area contributed by atoms with Gasteiger partial charge in [-0.1, -0.05) is 0 Å². The summed E-state index contributed by atoms with van der Waals surface area (Å²) in [6.45, 7) is 3.63. The van der Waals surface area contributed by atoms with E-state index in [1.54, 1.807) is 24.3 Å². The van der Waals surface area contributed by atoms with Crippen molar-refractivity contribution in [1.82, 2.24) is 10.2 Å². The molecule has 0 atom stereocenters. The second-order valence-corrected chi connectivity index (χ2v) is 5.02. The van der Waals surface area contributed by atoms with Crippen molar-refractivity contribution in [3.63, 3.8) is 0 Å². The molecule has 1 aromatic rings. The van der Waals surface area contributed by atoms with E-state index >= 15 is 0 Å². The number of carbonyl (C=O) groups is 2. The zero-order valence-corrected chi connectivity index (χ0v) is 12.4. The maximum absolute atomic E-state index is 11.7. The Hall–Kier alpha value is -1.72. The second kappa shape index (κ2) is 8.45. The van der Waals surface area contributed by atoms with E-state index in [1.165, 1.54) is 6.92 Å². The first-order chi connectivity index (χ1) is 9.49. The fraction of sp³-hybridized carbons (Fsp3) is 0.467. The van der Waals surface area contributed by atoms with E-state index in [0.717, 1.165) is 19.5 Å². The van der Waals surface area contributed by atoms with Crippen molar-refractivity contribution in [1.29, 1.82) is 0 Å². The number of Topliss-reactive ketones (excluding diaryl/α,β-unsaturated/α-hetero) is 1. The number of nitrogens with zero attached hydrogens (tertiary/aromatic N) is 1. The van der Waals surface area contributed by atoms with Gasteiger partial charge in [0.05, 0.1) is 6.54 Å². The van der Waals surface area contributed by atoms with Gasteiger partial charge in [-0.15, -0.1) is 0 Å². The monoisotopic (exact) mass is 277 g/mol. The standard InChI is InChI=1S/C15H23N3O2/c1-12(19)13-5-7-14(8-6-13)17-15(20)11-16-9-4-10-18(2)3/h5-8,16H,4,9-11H2,1-3H3,(H,17,20). The van der Waals surface area contributed by atoms with E-state index in [2.05, 4.69) is 15.5 Å². The molecule has 0 aliphatic rings. The molecule has 5 nitrogen and oxygen atoms in total. The number of benzene rings is 1. The van der Waals surface area contributed by atoms with Gasteiger partial charge in [0.25, 0.3) is 0 Å². The van der Waals surface area contributed by atoms with E-state index in [4.69, 9.17) is 0 Å². The minimum atomic E-state index is -0.0783. The molecular formula is C15H23N3O2. The second-order valence-electron chi connectivity index (χ2n) is 5.02. The number of nitrogens with one attached hydrogen (secondary N) is 2. The molecule has 0 aromatic heterocycles. The van der Waals surface area contributed by atoms with E-state index < -0.39 is 0 Å². The van der Waals surface area contributed by atoms with Crippen LogP contribution in [0.2, 0.25) is 0 Å². The van der Waals surface area contributed by atoms with Crippen molar-refractivity contribution in [2.24, 2.45) is 0 Å². The van der Waals surface area contributed by atoms with Crippen molar-refractivity contribution < 1.29 is 9.59 Å². The van der Waals surface area contributed by atoms with Crippen LogP contribution in [0.3, 0.4) is 0 Å². The Morgan fingerprint density at radius 3 is 2.35 bits per heavy atom. The Kier molecular flexibility index (Phi) is 6.90. The maximum atomic E-state index is 11.7. The molecule has 0 fully saturated rings. The average Bonchev–Trinajstić information content (AvgIpc) is 2.38. The number of amides is 1. The first-order valence-electron chi connectivity index (χ1n) is 6.75. The van der Waals surface area contributed by atoms with Gasteiger partial charge in [-0.05, 0) is 64.8 Å². The number of carbonyl (C=O) groups excluding carboxylic acids is 2. The third kappa shape index (κ3) is 6.45. The minimum Gasteiger partial charge on any atom is -0.325 e. The first kappa shape index (κ1) is 16.3. The van der Waals surface area contributed by atoms with Crippen LogP contribution in [0.5, 0.6) is 0 Å². The van der Waals surface area contributed by atoms with Crippen LogP contribution in [0.1, 0.15) is 23.7 Å². The number of hydrogen-bond acceptors (Lipinski definition) is 4. The molecule has 1 aromatic carbocycles. The average molecular weight is 277 g/mol. The summed E-state index contributed by atoms with van der Waals surface area (Å²) in [7, 11) is 4.05. The van der Waals surface area contributed by atoms with Crippen molar-refractivity contribution in [2.45, 2.75) is 13.3 Å². The SMILES string of the molecule is CC(=O)c1ccc(NC(=O)CNCCCN(C)C)cc1. The summed E-state index contributed by atoms with van der Waals surface area (Å²) in [5, 5.41) is 5.88. The van der Waals surface area contributed by atoms with Crippen LogP contribution in [0.4, 0.5) is 5.69 Å². The van der Waals surface area contributed by atoms with Crippen LogP contribution < -0.4 is 10.6 Å². The Bertz CT molecular complexity index is 441. The van der Waals surface area contributed by atoms with Crippen molar-refractivity contribution in [3.05, 3.63) is 29.8 Å². The highest BCUT2D eigenvalue weighted by atomic mass is 16.2. The third-order valence-electron chi connectivity index (χ3n) is 2.82. The quantitative estimate of drug-likeness (QED) is 0.556. The molecule has 0 radical (unpaired) electrons. The largest absolute Gasteiger partial charge is 0.325 e. The number of anilines is 1. The smallest absolute Gasteiger partial charge is 0.238 e. The molecule has 0 heterocycles. The highest BCUT2D eigenvalue weighted by Gasteiger charge is 2.03. The Balaban J connectivity index is 2.26. The predicted octanol–water partition coefficient (Wildman–Crippen LogP) is 1.37. The maximum Gasteiger partial charge on any atom is 0.238 e. The molecule has 0 saturated heterocycles. The van der Waals surface area contributed by atoms with Crippen LogP contribution in [-0.2, 0) is 4.79 Å². The zero-order chi connectivity index (χ0) is 15.0. The summed E-state index contributed by atoms with van der Waals surface area (Å²) < 4.78 is 0. The van der Waals surface area contributed by atoms with Crippen LogP contribution in [-0.4, -0.2) is 50.3 Å².